The molecule has 1 N–H and O–H groups in total. The number of rotatable bonds is 4. The smallest absolute Gasteiger partial charge is 0.254 e. The van der Waals surface area contributed by atoms with Crippen molar-refractivity contribution in [3.8, 4) is 0 Å². The minimum Gasteiger partial charge on any atom is -0.302 e. The minimum absolute atomic E-state index is 0.147. The van der Waals surface area contributed by atoms with Gasteiger partial charge in [-0.3, -0.25) is 9.78 Å². The summed E-state index contributed by atoms with van der Waals surface area (Å²) in [6.07, 6.45) is 3.88. The fraction of sp³-hybridized carbons (Fsp3) is 0.400. The monoisotopic (exact) mass is 366 g/mol. The Hall–Kier alpha value is -1.84. The zero-order valence-corrected chi connectivity index (χ0v) is 15.0. The summed E-state index contributed by atoms with van der Waals surface area (Å²) in [5.74, 6) is -0.128. The summed E-state index contributed by atoms with van der Waals surface area (Å²) in [5.41, 5.74) is 2.00. The highest BCUT2D eigenvalue weighted by atomic mass is 32.2. The van der Waals surface area contributed by atoms with E-state index in [4.69, 9.17) is 0 Å². The molecule has 1 aliphatic heterocycles. The lowest BCUT2D eigenvalue weighted by Crippen LogP contribution is -2.28. The van der Waals surface area contributed by atoms with E-state index in [0.717, 1.165) is 29.0 Å². The van der Waals surface area contributed by atoms with Crippen LogP contribution in [-0.4, -0.2) is 41.7 Å². The molecule has 7 nitrogen and oxygen atoms in total. The SMILES string of the molecule is CC(=O)Nc1ncc(S(=O)(=O)N2CCC(c3ccc(C)nc3)C2)s1. The van der Waals surface area contributed by atoms with Crippen molar-refractivity contribution in [2.24, 2.45) is 0 Å². The number of nitrogens with zero attached hydrogens (tertiary/aromatic N) is 3. The molecule has 0 bridgehead atoms. The molecule has 1 aliphatic rings. The third-order valence-electron chi connectivity index (χ3n) is 3.92. The first-order valence-corrected chi connectivity index (χ1v) is 9.78. The van der Waals surface area contributed by atoms with Gasteiger partial charge < -0.3 is 5.32 Å². The van der Waals surface area contributed by atoms with Gasteiger partial charge in [0.25, 0.3) is 10.0 Å². The van der Waals surface area contributed by atoms with Gasteiger partial charge in [-0.1, -0.05) is 17.4 Å². The molecule has 0 aliphatic carbocycles. The molecule has 1 atom stereocenters. The summed E-state index contributed by atoms with van der Waals surface area (Å²) >= 11 is 0.969. The minimum atomic E-state index is -3.59. The third-order valence-corrected chi connectivity index (χ3v) is 7.13. The maximum absolute atomic E-state index is 12.7. The molecule has 1 unspecified atom stereocenters. The normalized spacial score (nSPS) is 18.7. The van der Waals surface area contributed by atoms with Gasteiger partial charge in [-0.05, 0) is 25.0 Å². The summed E-state index contributed by atoms with van der Waals surface area (Å²) in [4.78, 5) is 19.3. The topological polar surface area (TPSA) is 92.3 Å². The molecular weight excluding hydrogens is 348 g/mol. The van der Waals surface area contributed by atoms with E-state index in [-0.39, 0.29) is 16.0 Å². The van der Waals surface area contributed by atoms with Crippen molar-refractivity contribution in [2.75, 3.05) is 18.4 Å². The first-order chi connectivity index (χ1) is 11.4. The van der Waals surface area contributed by atoms with E-state index in [1.807, 2.05) is 25.3 Å². The molecule has 1 fully saturated rings. The van der Waals surface area contributed by atoms with Crippen LogP contribution in [0.25, 0.3) is 0 Å². The number of carbonyl (C=O) groups excluding carboxylic acids is 1. The average molecular weight is 366 g/mol. The lowest BCUT2D eigenvalue weighted by molar-refractivity contribution is -0.114. The maximum atomic E-state index is 12.7. The van der Waals surface area contributed by atoms with Crippen molar-refractivity contribution in [2.45, 2.75) is 30.4 Å². The largest absolute Gasteiger partial charge is 0.302 e. The van der Waals surface area contributed by atoms with Crippen LogP contribution < -0.4 is 5.32 Å². The number of thiazole rings is 1. The predicted molar refractivity (Wildman–Crippen MR) is 91.5 cm³/mol. The number of anilines is 1. The molecule has 1 amide bonds. The Kier molecular flexibility index (Phi) is 4.66. The summed E-state index contributed by atoms with van der Waals surface area (Å²) < 4.78 is 27.1. The van der Waals surface area contributed by atoms with Crippen LogP contribution in [0.4, 0.5) is 5.13 Å². The Morgan fingerprint density at radius 3 is 2.79 bits per heavy atom. The van der Waals surface area contributed by atoms with Crippen molar-refractivity contribution in [1.29, 1.82) is 0 Å². The quantitative estimate of drug-likeness (QED) is 0.893. The Labute approximate surface area is 144 Å². The van der Waals surface area contributed by atoms with Gasteiger partial charge in [0.05, 0.1) is 6.20 Å². The van der Waals surface area contributed by atoms with Crippen molar-refractivity contribution in [1.82, 2.24) is 14.3 Å². The van der Waals surface area contributed by atoms with E-state index in [1.165, 1.54) is 17.4 Å². The van der Waals surface area contributed by atoms with Gasteiger partial charge in [0, 0.05) is 37.8 Å². The van der Waals surface area contributed by atoms with Crippen LogP contribution in [0.15, 0.2) is 28.7 Å². The number of sulfonamides is 1. The zero-order valence-electron chi connectivity index (χ0n) is 13.4. The zero-order chi connectivity index (χ0) is 17.3. The van der Waals surface area contributed by atoms with Gasteiger partial charge >= 0.3 is 0 Å². The molecule has 128 valence electrons. The average Bonchev–Trinajstić information content (AvgIpc) is 3.17. The lowest BCUT2D eigenvalue weighted by Gasteiger charge is -2.15. The maximum Gasteiger partial charge on any atom is 0.254 e. The Morgan fingerprint density at radius 1 is 1.33 bits per heavy atom. The van der Waals surface area contributed by atoms with E-state index in [1.54, 1.807) is 0 Å². The molecule has 0 saturated carbocycles. The predicted octanol–water partition coefficient (Wildman–Crippen LogP) is 1.98. The highest BCUT2D eigenvalue weighted by molar-refractivity contribution is 7.91. The van der Waals surface area contributed by atoms with Crippen LogP contribution in [-0.2, 0) is 14.8 Å². The molecule has 0 spiro atoms. The highest BCUT2D eigenvalue weighted by Gasteiger charge is 2.34. The van der Waals surface area contributed by atoms with Crippen LogP contribution in [0.3, 0.4) is 0 Å². The summed E-state index contributed by atoms with van der Waals surface area (Å²) in [6, 6.07) is 3.94. The molecule has 24 heavy (non-hydrogen) atoms. The molecule has 3 rings (SSSR count). The molecule has 9 heteroatoms. The van der Waals surface area contributed by atoms with Gasteiger partial charge in [0.1, 0.15) is 0 Å². The van der Waals surface area contributed by atoms with E-state index < -0.39 is 10.0 Å². The number of carbonyl (C=O) groups is 1. The second kappa shape index (κ2) is 6.58. The van der Waals surface area contributed by atoms with Crippen LogP contribution >= 0.6 is 11.3 Å². The first-order valence-electron chi connectivity index (χ1n) is 7.52. The van der Waals surface area contributed by atoms with E-state index in [0.29, 0.717) is 18.2 Å². The first kappa shape index (κ1) is 17.0. The fourth-order valence-electron chi connectivity index (χ4n) is 2.65. The number of nitrogens with one attached hydrogen (secondary N) is 1. The van der Waals surface area contributed by atoms with Gasteiger partial charge in [-0.2, -0.15) is 4.31 Å². The summed E-state index contributed by atoms with van der Waals surface area (Å²) in [7, 11) is -3.59. The second-order valence-corrected chi connectivity index (χ2v) is 8.94. The number of aryl methyl sites for hydroxylation is 1. The van der Waals surface area contributed by atoms with Gasteiger partial charge in [0.2, 0.25) is 5.91 Å². The molecule has 3 heterocycles. The van der Waals surface area contributed by atoms with E-state index in [9.17, 15) is 13.2 Å². The standard InChI is InChI=1S/C15H18N4O3S2/c1-10-3-4-12(7-16-10)13-5-6-19(9-13)24(21,22)14-8-17-15(23-14)18-11(2)20/h3-4,7-8,13H,5-6,9H2,1-2H3,(H,17,18,20). The van der Waals surface area contributed by atoms with Gasteiger partial charge in [-0.25, -0.2) is 13.4 Å². The molecule has 2 aromatic heterocycles. The highest BCUT2D eigenvalue weighted by Crippen LogP contribution is 2.33. The third kappa shape index (κ3) is 3.47. The van der Waals surface area contributed by atoms with Crippen molar-refractivity contribution >= 4 is 32.4 Å². The Morgan fingerprint density at radius 2 is 2.12 bits per heavy atom. The fourth-order valence-corrected chi connectivity index (χ4v) is 5.39. The van der Waals surface area contributed by atoms with Crippen molar-refractivity contribution < 1.29 is 13.2 Å². The Balaban J connectivity index is 1.75. The van der Waals surface area contributed by atoms with Crippen LogP contribution in [0.1, 0.15) is 30.5 Å². The summed E-state index contributed by atoms with van der Waals surface area (Å²) in [6.45, 7) is 4.18. The molecule has 2 aromatic rings. The lowest BCUT2D eigenvalue weighted by atomic mass is 10.0. The van der Waals surface area contributed by atoms with E-state index in [2.05, 4.69) is 15.3 Å². The number of hydrogen-bond acceptors (Lipinski definition) is 6. The molecule has 0 aromatic carbocycles. The molecule has 0 radical (unpaired) electrons. The number of amides is 1. The number of hydrogen-bond donors (Lipinski definition) is 1. The van der Waals surface area contributed by atoms with Crippen LogP contribution in [0, 0.1) is 6.92 Å². The van der Waals surface area contributed by atoms with Gasteiger partial charge in [0.15, 0.2) is 9.34 Å². The molecule has 1 saturated heterocycles. The number of pyridine rings is 1. The summed E-state index contributed by atoms with van der Waals surface area (Å²) in [5, 5.41) is 2.80. The molecular formula is C15H18N4O3S2. The van der Waals surface area contributed by atoms with E-state index >= 15 is 0 Å². The van der Waals surface area contributed by atoms with Crippen LogP contribution in [0.2, 0.25) is 0 Å². The van der Waals surface area contributed by atoms with Crippen molar-refractivity contribution in [3.63, 3.8) is 0 Å². The Bertz CT molecular complexity index is 846. The van der Waals surface area contributed by atoms with Gasteiger partial charge in [-0.15, -0.1) is 0 Å². The second-order valence-electron chi connectivity index (χ2n) is 5.75. The van der Waals surface area contributed by atoms with Crippen LogP contribution in [0.5, 0.6) is 0 Å². The van der Waals surface area contributed by atoms with Crippen molar-refractivity contribution in [3.05, 3.63) is 35.8 Å². The number of aromatic nitrogens is 2.